The molecule has 136 valence electrons. The van der Waals surface area contributed by atoms with Crippen LogP contribution in [-0.4, -0.2) is 25.6 Å². The normalized spacial score (nSPS) is 12.2. The monoisotopic (exact) mass is 393 g/mol. The summed E-state index contributed by atoms with van der Waals surface area (Å²) in [4.78, 5) is 31.1. The maximum absolute atomic E-state index is 12.2. The van der Waals surface area contributed by atoms with Gasteiger partial charge in [-0.25, -0.2) is 9.97 Å². The highest BCUT2D eigenvalue weighted by Gasteiger charge is 2.18. The lowest BCUT2D eigenvalue weighted by atomic mass is 10.2. The summed E-state index contributed by atoms with van der Waals surface area (Å²) in [5.41, 5.74) is 0.600. The molecule has 0 aliphatic carbocycles. The third-order valence-electron chi connectivity index (χ3n) is 3.78. The predicted octanol–water partition coefficient (Wildman–Crippen LogP) is 3.51. The lowest BCUT2D eigenvalue weighted by Gasteiger charge is -2.17. The van der Waals surface area contributed by atoms with Crippen molar-refractivity contribution in [1.82, 2.24) is 14.5 Å². The van der Waals surface area contributed by atoms with Crippen LogP contribution in [0.4, 0.5) is 0 Å². The van der Waals surface area contributed by atoms with E-state index in [2.05, 4.69) is 9.97 Å². The highest BCUT2D eigenvalue weighted by atomic mass is 35.5. The number of aromatic nitrogens is 3. The lowest BCUT2D eigenvalue weighted by molar-refractivity contribution is -0.137. The van der Waals surface area contributed by atoms with Crippen molar-refractivity contribution in [1.29, 1.82) is 0 Å². The second-order valence-corrected chi connectivity index (χ2v) is 6.94. The van der Waals surface area contributed by atoms with Gasteiger partial charge in [0, 0.05) is 25.0 Å². The first-order valence-corrected chi connectivity index (χ1v) is 9.17. The van der Waals surface area contributed by atoms with Crippen LogP contribution in [0.3, 0.4) is 0 Å². The number of halogens is 1. The number of thiazole rings is 1. The Kier molecular flexibility index (Phi) is 5.53. The van der Waals surface area contributed by atoms with Gasteiger partial charge in [-0.05, 0) is 18.6 Å². The van der Waals surface area contributed by atoms with E-state index in [0.29, 0.717) is 33.2 Å². The Hall–Kier alpha value is -2.45. The van der Waals surface area contributed by atoms with E-state index >= 15 is 0 Å². The summed E-state index contributed by atoms with van der Waals surface area (Å²) in [6.45, 7) is 2.05. The minimum atomic E-state index is -0.962. The van der Waals surface area contributed by atoms with E-state index in [9.17, 15) is 9.59 Å². The van der Waals surface area contributed by atoms with E-state index in [1.807, 2.05) is 6.92 Å². The summed E-state index contributed by atoms with van der Waals surface area (Å²) < 4.78 is 8.08. The van der Waals surface area contributed by atoms with E-state index in [1.54, 1.807) is 30.6 Å². The van der Waals surface area contributed by atoms with Crippen LogP contribution in [0.5, 0.6) is 5.75 Å². The first kappa shape index (κ1) is 18.3. The summed E-state index contributed by atoms with van der Waals surface area (Å²) in [6, 6.07) is 5.06. The topological polar surface area (TPSA) is 94.3 Å². The van der Waals surface area contributed by atoms with Crippen LogP contribution in [0, 0.1) is 0 Å². The number of carboxylic acids is 1. The standard InChI is InChI=1S/C17H16ClN3O4S/c1-2-12(16-19-5-3-6-20-16)25-13-9-14-11(8-10(13)18)21(17(24)26-14)7-4-15(22)23/h3,5-6,8-9,12H,2,4,7H2,1H3,(H,22,23). The summed E-state index contributed by atoms with van der Waals surface area (Å²) in [5, 5.41) is 9.18. The molecule has 26 heavy (non-hydrogen) atoms. The van der Waals surface area contributed by atoms with E-state index in [0.717, 1.165) is 11.3 Å². The molecule has 3 aromatic rings. The Bertz CT molecular complexity index is 987. The van der Waals surface area contributed by atoms with Gasteiger partial charge in [0.1, 0.15) is 5.75 Å². The minimum Gasteiger partial charge on any atom is -0.481 e. The Morgan fingerprint density at radius 2 is 2.12 bits per heavy atom. The molecular formula is C17H16ClN3O4S. The fourth-order valence-electron chi connectivity index (χ4n) is 2.52. The van der Waals surface area contributed by atoms with Gasteiger partial charge < -0.3 is 9.84 Å². The number of nitrogens with zero attached hydrogens (tertiary/aromatic N) is 3. The number of aryl methyl sites for hydroxylation is 1. The SMILES string of the molecule is CCC(Oc1cc2sc(=O)n(CCC(=O)O)c2cc1Cl)c1ncccn1. The molecule has 0 saturated carbocycles. The van der Waals surface area contributed by atoms with Gasteiger partial charge >= 0.3 is 10.8 Å². The highest BCUT2D eigenvalue weighted by Crippen LogP contribution is 2.34. The van der Waals surface area contributed by atoms with E-state index in [4.69, 9.17) is 21.4 Å². The van der Waals surface area contributed by atoms with Gasteiger partial charge in [-0.15, -0.1) is 0 Å². The van der Waals surface area contributed by atoms with Crippen LogP contribution in [-0.2, 0) is 11.3 Å². The van der Waals surface area contributed by atoms with Crippen LogP contribution in [0.15, 0.2) is 35.4 Å². The molecule has 0 radical (unpaired) electrons. The smallest absolute Gasteiger partial charge is 0.308 e. The number of hydrogen-bond donors (Lipinski definition) is 1. The average molecular weight is 394 g/mol. The predicted molar refractivity (Wildman–Crippen MR) is 99.0 cm³/mol. The molecule has 0 fully saturated rings. The van der Waals surface area contributed by atoms with Crippen LogP contribution in [0.1, 0.15) is 31.7 Å². The largest absolute Gasteiger partial charge is 0.481 e. The Labute approximate surface area is 157 Å². The quantitative estimate of drug-likeness (QED) is 0.660. The van der Waals surface area contributed by atoms with Gasteiger partial charge in [0.15, 0.2) is 11.9 Å². The number of hydrogen-bond acceptors (Lipinski definition) is 6. The Morgan fingerprint density at radius 1 is 1.38 bits per heavy atom. The van der Waals surface area contributed by atoms with Crippen molar-refractivity contribution in [2.24, 2.45) is 0 Å². The summed E-state index contributed by atoms with van der Waals surface area (Å²) in [7, 11) is 0. The third-order valence-corrected chi connectivity index (χ3v) is 5.02. The molecule has 0 amide bonds. The molecule has 0 bridgehead atoms. The molecule has 0 aliphatic rings. The average Bonchev–Trinajstić information content (AvgIpc) is 2.92. The minimum absolute atomic E-state index is 0.0974. The first-order valence-electron chi connectivity index (χ1n) is 7.97. The molecule has 0 aliphatic heterocycles. The molecule has 1 atom stereocenters. The van der Waals surface area contributed by atoms with Crippen LogP contribution < -0.4 is 9.61 Å². The zero-order valence-electron chi connectivity index (χ0n) is 13.9. The van der Waals surface area contributed by atoms with Crippen molar-refractivity contribution in [3.05, 3.63) is 51.1 Å². The Morgan fingerprint density at radius 3 is 2.77 bits per heavy atom. The highest BCUT2D eigenvalue weighted by molar-refractivity contribution is 7.16. The molecule has 2 heterocycles. The molecule has 1 N–H and O–H groups in total. The Balaban J connectivity index is 1.94. The molecule has 1 unspecified atom stereocenters. The number of carbonyl (C=O) groups is 1. The molecule has 1 aromatic carbocycles. The van der Waals surface area contributed by atoms with Crippen LogP contribution in [0.25, 0.3) is 10.2 Å². The zero-order valence-corrected chi connectivity index (χ0v) is 15.5. The van der Waals surface area contributed by atoms with Crippen molar-refractivity contribution >= 4 is 39.1 Å². The number of carboxylic acid groups (broad SMARTS) is 1. The molecule has 3 rings (SSSR count). The van der Waals surface area contributed by atoms with E-state index < -0.39 is 5.97 Å². The van der Waals surface area contributed by atoms with Gasteiger partial charge in [-0.1, -0.05) is 29.9 Å². The van der Waals surface area contributed by atoms with Gasteiger partial charge in [0.2, 0.25) is 0 Å². The number of rotatable bonds is 7. The number of benzene rings is 1. The van der Waals surface area contributed by atoms with Crippen LogP contribution in [0.2, 0.25) is 5.02 Å². The fourth-order valence-corrected chi connectivity index (χ4v) is 3.65. The van der Waals surface area contributed by atoms with Crippen LogP contribution >= 0.6 is 22.9 Å². The number of fused-ring (bicyclic) bond motifs is 1. The molecule has 0 spiro atoms. The third kappa shape index (κ3) is 3.86. The van der Waals surface area contributed by atoms with E-state index in [1.165, 1.54) is 4.57 Å². The molecule has 0 saturated heterocycles. The fraction of sp³-hybridized carbons (Fsp3) is 0.294. The number of aliphatic carboxylic acids is 1. The maximum atomic E-state index is 12.2. The van der Waals surface area contributed by atoms with Gasteiger partial charge in [-0.3, -0.25) is 14.2 Å². The maximum Gasteiger partial charge on any atom is 0.308 e. The van der Waals surface area contributed by atoms with Crippen molar-refractivity contribution in [3.8, 4) is 5.75 Å². The zero-order chi connectivity index (χ0) is 18.7. The molecule has 7 nitrogen and oxygen atoms in total. The summed E-state index contributed by atoms with van der Waals surface area (Å²) >= 11 is 7.37. The summed E-state index contributed by atoms with van der Waals surface area (Å²) in [5.74, 6) is 0.0273. The second kappa shape index (κ2) is 7.84. The van der Waals surface area contributed by atoms with Crippen molar-refractivity contribution in [3.63, 3.8) is 0 Å². The van der Waals surface area contributed by atoms with Gasteiger partial charge in [0.05, 0.1) is 21.7 Å². The lowest BCUT2D eigenvalue weighted by Crippen LogP contribution is -2.15. The van der Waals surface area contributed by atoms with Crippen molar-refractivity contribution < 1.29 is 14.6 Å². The summed E-state index contributed by atoms with van der Waals surface area (Å²) in [6.07, 6.45) is 3.44. The molecule has 9 heteroatoms. The van der Waals surface area contributed by atoms with Gasteiger partial charge in [0.25, 0.3) is 0 Å². The molecular weight excluding hydrogens is 378 g/mol. The van der Waals surface area contributed by atoms with Gasteiger partial charge in [-0.2, -0.15) is 0 Å². The second-order valence-electron chi connectivity index (χ2n) is 5.54. The van der Waals surface area contributed by atoms with E-state index in [-0.39, 0.29) is 23.9 Å². The first-order chi connectivity index (χ1) is 12.5. The van der Waals surface area contributed by atoms with Crippen molar-refractivity contribution in [2.45, 2.75) is 32.4 Å². The number of ether oxygens (including phenoxy) is 1. The molecule has 2 aromatic heterocycles. The van der Waals surface area contributed by atoms with Crippen molar-refractivity contribution in [2.75, 3.05) is 0 Å².